The van der Waals surface area contributed by atoms with Gasteiger partial charge in [-0.05, 0) is 30.7 Å². The van der Waals surface area contributed by atoms with Gasteiger partial charge < -0.3 is 4.90 Å². The summed E-state index contributed by atoms with van der Waals surface area (Å²) >= 11 is 0. The Morgan fingerprint density at radius 2 is 2.35 bits per heavy atom. The van der Waals surface area contributed by atoms with Gasteiger partial charge in [-0.2, -0.15) is 5.10 Å². The zero-order valence-electron chi connectivity index (χ0n) is 10.9. The molecule has 0 saturated carbocycles. The van der Waals surface area contributed by atoms with Crippen LogP contribution in [-0.2, 0) is 0 Å². The monoisotopic (exact) mass is 235 g/mol. The normalized spacial score (nSPS) is 20.9. The van der Waals surface area contributed by atoms with Gasteiger partial charge in [0.05, 0.1) is 0 Å². The molecule has 2 heterocycles. The number of likely N-dealkylation sites (tertiary alicyclic amines) is 1. The lowest BCUT2D eigenvalue weighted by Crippen LogP contribution is -2.39. The first-order chi connectivity index (χ1) is 8.08. The van der Waals surface area contributed by atoms with Crippen LogP contribution in [0.4, 0.5) is 0 Å². The van der Waals surface area contributed by atoms with Crippen LogP contribution >= 0.6 is 0 Å². The van der Waals surface area contributed by atoms with E-state index in [0.29, 0.717) is 17.5 Å². The van der Waals surface area contributed by atoms with Gasteiger partial charge in [-0.3, -0.25) is 9.89 Å². The third-order valence-electron chi connectivity index (χ3n) is 3.38. The van der Waals surface area contributed by atoms with Crippen LogP contribution in [0.5, 0.6) is 0 Å². The topological polar surface area (TPSA) is 49.0 Å². The second-order valence-corrected chi connectivity index (χ2v) is 5.36. The van der Waals surface area contributed by atoms with Crippen LogP contribution in [0.25, 0.3) is 0 Å². The van der Waals surface area contributed by atoms with E-state index in [1.807, 2.05) is 11.0 Å². The van der Waals surface area contributed by atoms with E-state index in [1.165, 1.54) is 6.42 Å². The lowest BCUT2D eigenvalue weighted by molar-refractivity contribution is 0.0677. The Hall–Kier alpha value is -1.32. The van der Waals surface area contributed by atoms with E-state index in [-0.39, 0.29) is 5.91 Å². The standard InChI is InChI=1S/C13H21N3O/c1-9(2)11-7-12(15-14-11)13(17)16-6-4-5-10(3)8-16/h7,9-10H,4-6,8H2,1-3H3,(H,14,15). The highest BCUT2D eigenvalue weighted by molar-refractivity contribution is 5.92. The van der Waals surface area contributed by atoms with Crippen molar-refractivity contribution in [2.75, 3.05) is 13.1 Å². The van der Waals surface area contributed by atoms with Gasteiger partial charge in [0.15, 0.2) is 0 Å². The number of amides is 1. The molecule has 0 spiro atoms. The van der Waals surface area contributed by atoms with Crippen LogP contribution in [0.2, 0.25) is 0 Å². The van der Waals surface area contributed by atoms with Crippen molar-refractivity contribution in [1.29, 1.82) is 0 Å². The molecule has 0 aliphatic carbocycles. The lowest BCUT2D eigenvalue weighted by atomic mass is 10.00. The SMILES string of the molecule is CC1CCCN(C(=O)c2cc(C(C)C)[nH]n2)C1. The number of H-pyrrole nitrogens is 1. The van der Waals surface area contributed by atoms with Gasteiger partial charge in [0, 0.05) is 18.8 Å². The Morgan fingerprint density at radius 1 is 1.59 bits per heavy atom. The molecule has 1 unspecified atom stereocenters. The fraction of sp³-hybridized carbons (Fsp3) is 0.692. The Morgan fingerprint density at radius 3 is 2.94 bits per heavy atom. The first-order valence-corrected chi connectivity index (χ1v) is 6.42. The van der Waals surface area contributed by atoms with Crippen LogP contribution in [0, 0.1) is 5.92 Å². The van der Waals surface area contributed by atoms with Gasteiger partial charge in [0.25, 0.3) is 5.91 Å². The molecule has 1 fully saturated rings. The highest BCUT2D eigenvalue weighted by atomic mass is 16.2. The maximum absolute atomic E-state index is 12.2. The molecule has 4 nitrogen and oxygen atoms in total. The van der Waals surface area contributed by atoms with Crippen LogP contribution in [0.15, 0.2) is 6.07 Å². The number of nitrogens with zero attached hydrogens (tertiary/aromatic N) is 2. The Balaban J connectivity index is 2.07. The molecule has 0 radical (unpaired) electrons. The summed E-state index contributed by atoms with van der Waals surface area (Å²) < 4.78 is 0. The second-order valence-electron chi connectivity index (χ2n) is 5.36. The number of rotatable bonds is 2. The van der Waals surface area contributed by atoms with Crippen LogP contribution in [-0.4, -0.2) is 34.1 Å². The minimum absolute atomic E-state index is 0.0692. The maximum atomic E-state index is 12.2. The molecule has 1 aliphatic heterocycles. The van der Waals surface area contributed by atoms with Gasteiger partial charge in [-0.1, -0.05) is 20.8 Å². The number of aromatic amines is 1. The number of carbonyl (C=O) groups is 1. The van der Waals surface area contributed by atoms with E-state index in [9.17, 15) is 4.79 Å². The smallest absolute Gasteiger partial charge is 0.274 e. The zero-order chi connectivity index (χ0) is 12.4. The molecule has 2 rings (SSSR count). The van der Waals surface area contributed by atoms with Gasteiger partial charge in [0.1, 0.15) is 5.69 Å². The largest absolute Gasteiger partial charge is 0.337 e. The molecule has 4 heteroatoms. The summed E-state index contributed by atoms with van der Waals surface area (Å²) in [6.07, 6.45) is 2.33. The number of hydrogen-bond donors (Lipinski definition) is 1. The van der Waals surface area contributed by atoms with E-state index >= 15 is 0 Å². The van der Waals surface area contributed by atoms with Crippen molar-refractivity contribution in [2.24, 2.45) is 5.92 Å². The molecule has 1 aromatic heterocycles. The van der Waals surface area contributed by atoms with Crippen molar-refractivity contribution >= 4 is 5.91 Å². The minimum Gasteiger partial charge on any atom is -0.337 e. The first-order valence-electron chi connectivity index (χ1n) is 6.42. The van der Waals surface area contributed by atoms with Crippen molar-refractivity contribution in [3.63, 3.8) is 0 Å². The van der Waals surface area contributed by atoms with Crippen LogP contribution in [0.3, 0.4) is 0 Å². The van der Waals surface area contributed by atoms with E-state index in [2.05, 4.69) is 31.0 Å². The Kier molecular flexibility index (Phi) is 3.50. The molecule has 94 valence electrons. The maximum Gasteiger partial charge on any atom is 0.274 e. The summed E-state index contributed by atoms with van der Waals surface area (Å²) in [5, 5.41) is 7.06. The molecule has 0 bridgehead atoms. The molecule has 1 amide bonds. The predicted octanol–water partition coefficient (Wildman–Crippen LogP) is 2.41. The second kappa shape index (κ2) is 4.90. The molecule has 17 heavy (non-hydrogen) atoms. The van der Waals surface area contributed by atoms with Crippen molar-refractivity contribution in [2.45, 2.75) is 39.5 Å². The molecule has 0 aromatic carbocycles. The highest BCUT2D eigenvalue weighted by Gasteiger charge is 2.23. The van der Waals surface area contributed by atoms with E-state index in [1.54, 1.807) is 0 Å². The number of carbonyl (C=O) groups excluding carboxylic acids is 1. The Labute approximate surface area is 102 Å². The quantitative estimate of drug-likeness (QED) is 0.855. The number of hydrogen-bond acceptors (Lipinski definition) is 2. The third-order valence-corrected chi connectivity index (χ3v) is 3.38. The molecule has 1 saturated heterocycles. The van der Waals surface area contributed by atoms with Crippen molar-refractivity contribution in [3.8, 4) is 0 Å². The fourth-order valence-electron chi connectivity index (χ4n) is 2.28. The highest BCUT2D eigenvalue weighted by Crippen LogP contribution is 2.18. The fourth-order valence-corrected chi connectivity index (χ4v) is 2.28. The van der Waals surface area contributed by atoms with Crippen molar-refractivity contribution in [1.82, 2.24) is 15.1 Å². The summed E-state index contributed by atoms with van der Waals surface area (Å²) in [6.45, 7) is 8.11. The van der Waals surface area contributed by atoms with E-state index in [0.717, 1.165) is 25.2 Å². The molecule has 1 atom stereocenters. The van der Waals surface area contributed by atoms with Crippen LogP contribution in [0.1, 0.15) is 55.7 Å². The minimum atomic E-state index is 0.0692. The van der Waals surface area contributed by atoms with Crippen molar-refractivity contribution < 1.29 is 4.79 Å². The first kappa shape index (κ1) is 12.1. The third kappa shape index (κ3) is 2.68. The summed E-state index contributed by atoms with van der Waals surface area (Å²) in [5.41, 5.74) is 1.58. The number of nitrogens with one attached hydrogen (secondary N) is 1. The summed E-state index contributed by atoms with van der Waals surface area (Å²) in [5.74, 6) is 1.06. The van der Waals surface area contributed by atoms with Gasteiger partial charge in [0.2, 0.25) is 0 Å². The molecule has 1 aliphatic rings. The summed E-state index contributed by atoms with van der Waals surface area (Å²) in [4.78, 5) is 14.1. The molecular weight excluding hydrogens is 214 g/mol. The van der Waals surface area contributed by atoms with Gasteiger partial charge in [-0.25, -0.2) is 0 Å². The average Bonchev–Trinajstić information content (AvgIpc) is 2.77. The van der Waals surface area contributed by atoms with Gasteiger partial charge in [-0.15, -0.1) is 0 Å². The average molecular weight is 235 g/mol. The van der Waals surface area contributed by atoms with Crippen LogP contribution < -0.4 is 0 Å². The van der Waals surface area contributed by atoms with E-state index in [4.69, 9.17) is 0 Å². The number of piperidine rings is 1. The number of aromatic nitrogens is 2. The van der Waals surface area contributed by atoms with Crippen molar-refractivity contribution in [3.05, 3.63) is 17.5 Å². The summed E-state index contributed by atoms with van der Waals surface area (Å²) in [7, 11) is 0. The Bertz CT molecular complexity index is 397. The molecular formula is C13H21N3O. The van der Waals surface area contributed by atoms with E-state index < -0.39 is 0 Å². The predicted molar refractivity (Wildman–Crippen MR) is 67.0 cm³/mol. The molecule has 1 aromatic rings. The summed E-state index contributed by atoms with van der Waals surface area (Å²) in [6, 6.07) is 1.88. The van der Waals surface area contributed by atoms with Gasteiger partial charge >= 0.3 is 0 Å². The zero-order valence-corrected chi connectivity index (χ0v) is 10.9. The lowest BCUT2D eigenvalue weighted by Gasteiger charge is -2.30. The molecule has 1 N–H and O–H groups in total.